The fourth-order valence-electron chi connectivity index (χ4n) is 1.14. The van der Waals surface area contributed by atoms with Crippen LogP contribution in [0.3, 0.4) is 0 Å². The van der Waals surface area contributed by atoms with E-state index < -0.39 is 0 Å². The van der Waals surface area contributed by atoms with E-state index in [0.717, 1.165) is 0 Å². The van der Waals surface area contributed by atoms with Crippen molar-refractivity contribution in [3.8, 4) is 0 Å². The van der Waals surface area contributed by atoms with E-state index >= 15 is 0 Å². The first-order valence-corrected chi connectivity index (χ1v) is 4.70. The number of amides is 2. The minimum Gasteiger partial charge on any atom is -0.466 e. The number of carbonyl (C=O) groups is 2. The molecule has 0 aliphatic rings. The topological polar surface area (TPSA) is 71.3 Å². The highest BCUT2D eigenvalue weighted by Crippen LogP contribution is 2.12. The van der Waals surface area contributed by atoms with Crippen molar-refractivity contribution >= 4 is 11.8 Å². The van der Waals surface area contributed by atoms with Gasteiger partial charge in [-0.25, -0.2) is 0 Å². The predicted molar refractivity (Wildman–Crippen MR) is 54.1 cm³/mol. The van der Waals surface area contributed by atoms with Crippen LogP contribution in [0.5, 0.6) is 0 Å². The summed E-state index contributed by atoms with van der Waals surface area (Å²) in [6.45, 7) is 5.16. The van der Waals surface area contributed by atoms with Crippen LogP contribution in [0.15, 0.2) is 10.5 Å². The summed E-state index contributed by atoms with van der Waals surface area (Å²) in [5.41, 5.74) is 5.03. The first kappa shape index (κ1) is 11.3. The first-order chi connectivity index (χ1) is 7.04. The van der Waals surface area contributed by atoms with Gasteiger partial charge < -0.3 is 4.42 Å². The standard InChI is InChI=1S/C10H14N2O3/c1-4-9(13)11-12-10(14)8-5-6(2)15-7(8)3/h5H,4H2,1-3H3,(H,11,13)(H,12,14). The molecule has 0 radical (unpaired) electrons. The molecule has 0 aliphatic carbocycles. The van der Waals surface area contributed by atoms with Gasteiger partial charge in [0.15, 0.2) is 0 Å². The fraction of sp³-hybridized carbons (Fsp3) is 0.400. The molecule has 5 nitrogen and oxygen atoms in total. The van der Waals surface area contributed by atoms with Crippen LogP contribution in [0.25, 0.3) is 0 Å². The van der Waals surface area contributed by atoms with Crippen LogP contribution in [0, 0.1) is 13.8 Å². The lowest BCUT2D eigenvalue weighted by Gasteiger charge is -2.04. The second-order valence-corrected chi connectivity index (χ2v) is 3.18. The van der Waals surface area contributed by atoms with Gasteiger partial charge in [-0.15, -0.1) is 0 Å². The molecule has 82 valence electrons. The van der Waals surface area contributed by atoms with Crippen molar-refractivity contribution < 1.29 is 14.0 Å². The highest BCUT2D eigenvalue weighted by Gasteiger charge is 2.13. The number of hydrogen-bond donors (Lipinski definition) is 2. The Labute approximate surface area is 87.8 Å². The van der Waals surface area contributed by atoms with Crippen LogP contribution in [0.1, 0.15) is 35.2 Å². The van der Waals surface area contributed by atoms with Crippen molar-refractivity contribution in [3.63, 3.8) is 0 Å². The van der Waals surface area contributed by atoms with Crippen molar-refractivity contribution in [3.05, 3.63) is 23.2 Å². The molecule has 5 heteroatoms. The average Bonchev–Trinajstić information content (AvgIpc) is 2.53. The molecule has 1 rings (SSSR count). The first-order valence-electron chi connectivity index (χ1n) is 4.70. The molecule has 2 amide bonds. The van der Waals surface area contributed by atoms with E-state index in [9.17, 15) is 9.59 Å². The SMILES string of the molecule is CCC(=O)NNC(=O)c1cc(C)oc1C. The zero-order valence-corrected chi connectivity index (χ0v) is 9.01. The largest absolute Gasteiger partial charge is 0.466 e. The summed E-state index contributed by atoms with van der Waals surface area (Å²) in [5.74, 6) is 0.600. The van der Waals surface area contributed by atoms with Crippen LogP contribution in [-0.2, 0) is 4.79 Å². The van der Waals surface area contributed by atoms with Crippen LogP contribution < -0.4 is 10.9 Å². The number of rotatable bonds is 2. The van der Waals surface area contributed by atoms with Crippen molar-refractivity contribution in [2.45, 2.75) is 27.2 Å². The summed E-state index contributed by atoms with van der Waals surface area (Å²) in [4.78, 5) is 22.4. The smallest absolute Gasteiger partial charge is 0.273 e. The predicted octanol–water partition coefficient (Wildman–Crippen LogP) is 1.07. The number of nitrogens with one attached hydrogen (secondary N) is 2. The Morgan fingerprint density at radius 3 is 2.47 bits per heavy atom. The van der Waals surface area contributed by atoms with E-state index in [1.165, 1.54) is 0 Å². The normalized spacial score (nSPS) is 9.80. The van der Waals surface area contributed by atoms with Crippen molar-refractivity contribution in [2.24, 2.45) is 0 Å². The van der Waals surface area contributed by atoms with E-state index in [1.807, 2.05) is 0 Å². The number of furan rings is 1. The number of carbonyl (C=O) groups excluding carboxylic acids is 2. The molecule has 1 aromatic rings. The second kappa shape index (κ2) is 4.63. The van der Waals surface area contributed by atoms with E-state index in [1.54, 1.807) is 26.8 Å². The molecule has 0 aromatic carbocycles. The lowest BCUT2D eigenvalue weighted by atomic mass is 10.2. The molecule has 15 heavy (non-hydrogen) atoms. The summed E-state index contributed by atoms with van der Waals surface area (Å²) in [5, 5.41) is 0. The molecule has 0 unspecified atom stereocenters. The molecule has 0 bridgehead atoms. The Kier molecular flexibility index (Phi) is 3.49. The van der Waals surface area contributed by atoms with Crippen LogP contribution in [0.2, 0.25) is 0 Å². The minimum absolute atomic E-state index is 0.235. The average molecular weight is 210 g/mol. The van der Waals surface area contributed by atoms with Gasteiger partial charge in [0.05, 0.1) is 5.56 Å². The molecule has 0 aliphatic heterocycles. The van der Waals surface area contributed by atoms with Gasteiger partial charge in [0, 0.05) is 6.42 Å². The summed E-state index contributed by atoms with van der Waals surface area (Å²) < 4.78 is 5.20. The Balaban J connectivity index is 2.61. The minimum atomic E-state index is -0.369. The molecule has 0 atom stereocenters. The number of aryl methyl sites for hydroxylation is 2. The summed E-state index contributed by atoms with van der Waals surface area (Å²) >= 11 is 0. The van der Waals surface area contributed by atoms with Gasteiger partial charge in [0.1, 0.15) is 11.5 Å². The Hall–Kier alpha value is -1.78. The van der Waals surface area contributed by atoms with Gasteiger partial charge in [-0.1, -0.05) is 6.92 Å². The van der Waals surface area contributed by atoms with Crippen LogP contribution in [-0.4, -0.2) is 11.8 Å². The van der Waals surface area contributed by atoms with Crippen molar-refractivity contribution in [1.82, 2.24) is 10.9 Å². The van der Waals surface area contributed by atoms with Gasteiger partial charge >= 0.3 is 0 Å². The third kappa shape index (κ3) is 2.83. The lowest BCUT2D eigenvalue weighted by molar-refractivity contribution is -0.121. The number of hydrogen-bond acceptors (Lipinski definition) is 3. The van der Waals surface area contributed by atoms with E-state index in [4.69, 9.17) is 4.42 Å². The van der Waals surface area contributed by atoms with Gasteiger partial charge in [-0.05, 0) is 19.9 Å². The van der Waals surface area contributed by atoms with Gasteiger partial charge in [0.25, 0.3) is 5.91 Å². The molecule has 0 saturated carbocycles. The highest BCUT2D eigenvalue weighted by atomic mass is 16.3. The van der Waals surface area contributed by atoms with Crippen LogP contribution >= 0.6 is 0 Å². The zero-order chi connectivity index (χ0) is 11.4. The van der Waals surface area contributed by atoms with E-state index in [-0.39, 0.29) is 11.8 Å². The fourth-order valence-corrected chi connectivity index (χ4v) is 1.14. The summed E-state index contributed by atoms with van der Waals surface area (Å²) in [6, 6.07) is 1.63. The Morgan fingerprint density at radius 1 is 1.33 bits per heavy atom. The third-order valence-corrected chi connectivity index (χ3v) is 1.92. The maximum absolute atomic E-state index is 11.5. The van der Waals surface area contributed by atoms with E-state index in [0.29, 0.717) is 23.5 Å². The monoisotopic (exact) mass is 210 g/mol. The molecule has 0 fully saturated rings. The van der Waals surface area contributed by atoms with Crippen molar-refractivity contribution in [2.75, 3.05) is 0 Å². The van der Waals surface area contributed by atoms with Crippen molar-refractivity contribution in [1.29, 1.82) is 0 Å². The quantitative estimate of drug-likeness (QED) is 0.717. The summed E-state index contributed by atoms with van der Waals surface area (Å²) in [6.07, 6.45) is 0.323. The maximum atomic E-state index is 11.5. The Bertz CT molecular complexity index is 382. The second-order valence-electron chi connectivity index (χ2n) is 3.18. The zero-order valence-electron chi connectivity index (χ0n) is 9.01. The Morgan fingerprint density at radius 2 is 2.00 bits per heavy atom. The molecular formula is C10H14N2O3. The van der Waals surface area contributed by atoms with Gasteiger partial charge in [-0.2, -0.15) is 0 Å². The molecular weight excluding hydrogens is 196 g/mol. The third-order valence-electron chi connectivity index (χ3n) is 1.92. The molecule has 1 aromatic heterocycles. The molecule has 0 spiro atoms. The van der Waals surface area contributed by atoms with Gasteiger partial charge in [-0.3, -0.25) is 20.4 Å². The molecule has 0 saturated heterocycles. The van der Waals surface area contributed by atoms with Gasteiger partial charge in [0.2, 0.25) is 5.91 Å². The van der Waals surface area contributed by atoms with E-state index in [2.05, 4.69) is 10.9 Å². The molecule has 1 heterocycles. The van der Waals surface area contributed by atoms with Crippen LogP contribution in [0.4, 0.5) is 0 Å². The highest BCUT2D eigenvalue weighted by molar-refractivity contribution is 5.96. The maximum Gasteiger partial charge on any atom is 0.273 e. The number of hydrazine groups is 1. The summed E-state index contributed by atoms with van der Waals surface area (Å²) in [7, 11) is 0. The lowest BCUT2D eigenvalue weighted by Crippen LogP contribution is -2.41. The molecule has 2 N–H and O–H groups in total.